The molecule has 2 fully saturated rings. The fourth-order valence-corrected chi connectivity index (χ4v) is 8.70. The minimum absolute atomic E-state index is 0.271. The van der Waals surface area contributed by atoms with E-state index in [0.717, 1.165) is 5.92 Å². The van der Waals surface area contributed by atoms with E-state index in [-0.39, 0.29) is 13.9 Å². The van der Waals surface area contributed by atoms with Crippen LogP contribution in [0.25, 0.3) is 0 Å². The molecule has 0 amide bonds. The van der Waals surface area contributed by atoms with Crippen LogP contribution >= 0.6 is 23.2 Å². The third kappa shape index (κ3) is 1.56. The fourth-order valence-electron chi connectivity index (χ4n) is 2.86. The molecule has 80 valence electrons. The Kier molecular flexibility index (Phi) is 2.38. The summed E-state index contributed by atoms with van der Waals surface area (Å²) in [5.41, 5.74) is 1.96. The van der Waals surface area contributed by atoms with Crippen LogP contribution in [0, 0.1) is 5.92 Å². The van der Waals surface area contributed by atoms with Gasteiger partial charge in [0, 0.05) is 0 Å². The Balaban J connectivity index is 1.97. The molecule has 1 aromatic rings. The zero-order chi connectivity index (χ0) is 10.6. The van der Waals surface area contributed by atoms with E-state index in [1.807, 2.05) is 6.07 Å². The van der Waals surface area contributed by atoms with Gasteiger partial charge in [-0.25, -0.2) is 0 Å². The van der Waals surface area contributed by atoms with Crippen molar-refractivity contribution in [3.05, 3.63) is 33.8 Å². The zero-order valence-electron chi connectivity index (χ0n) is 8.59. The van der Waals surface area contributed by atoms with Gasteiger partial charge < -0.3 is 0 Å². The van der Waals surface area contributed by atoms with E-state index in [2.05, 4.69) is 18.0 Å². The van der Waals surface area contributed by atoms with E-state index in [4.69, 9.17) is 23.2 Å². The molecule has 1 saturated heterocycles. The zero-order valence-corrected chi connectivity index (χ0v) is 11.8. The van der Waals surface area contributed by atoms with Crippen LogP contribution in [0.2, 0.25) is 26.5 Å². The molecule has 1 aromatic carbocycles. The fraction of sp³-hybridized carbons (Fsp3) is 0.500. The van der Waals surface area contributed by atoms with Crippen molar-refractivity contribution in [2.45, 2.75) is 28.3 Å². The molecule has 0 N–H and O–H groups in total. The standard InChI is InChI=1S/C12H13Cl2Se/c1-15-6-9-5-12(9,7-15)8-2-3-10(13)11(14)4-8/h2-4,9H,5-7H2,1H3/q+1. The van der Waals surface area contributed by atoms with Crippen molar-refractivity contribution in [3.8, 4) is 0 Å². The van der Waals surface area contributed by atoms with Crippen LogP contribution in [0.1, 0.15) is 12.0 Å². The van der Waals surface area contributed by atoms with Crippen LogP contribution in [0.4, 0.5) is 0 Å². The number of halogens is 2. The molecule has 3 rings (SSSR count). The van der Waals surface area contributed by atoms with Crippen molar-refractivity contribution in [1.29, 1.82) is 0 Å². The van der Waals surface area contributed by atoms with Crippen LogP contribution in [0.5, 0.6) is 0 Å². The summed E-state index contributed by atoms with van der Waals surface area (Å²) in [4.78, 5) is 0. The molecule has 0 nitrogen and oxygen atoms in total. The Labute approximate surface area is 105 Å². The van der Waals surface area contributed by atoms with Crippen LogP contribution in [0.15, 0.2) is 18.2 Å². The third-order valence-electron chi connectivity index (χ3n) is 3.72. The Morgan fingerprint density at radius 1 is 1.33 bits per heavy atom. The predicted molar refractivity (Wildman–Crippen MR) is 67.5 cm³/mol. The van der Waals surface area contributed by atoms with Crippen molar-refractivity contribution in [2.24, 2.45) is 5.92 Å². The summed E-state index contributed by atoms with van der Waals surface area (Å²) in [5, 5.41) is 4.36. The average molecular weight is 307 g/mol. The molecule has 0 bridgehead atoms. The molecule has 1 heterocycles. The molecule has 1 aliphatic carbocycles. The molecule has 0 radical (unpaired) electrons. The number of fused-ring (bicyclic) bond motifs is 1. The van der Waals surface area contributed by atoms with Gasteiger partial charge >= 0.3 is 105 Å². The van der Waals surface area contributed by atoms with Gasteiger partial charge in [-0.2, -0.15) is 0 Å². The second kappa shape index (κ2) is 3.40. The van der Waals surface area contributed by atoms with Gasteiger partial charge in [-0.05, 0) is 0 Å². The molecule has 2 aliphatic rings. The van der Waals surface area contributed by atoms with Crippen molar-refractivity contribution in [1.82, 2.24) is 0 Å². The maximum absolute atomic E-state index is 6.09. The summed E-state index contributed by atoms with van der Waals surface area (Å²) in [7, 11) is 0. The van der Waals surface area contributed by atoms with Crippen molar-refractivity contribution >= 4 is 37.1 Å². The summed E-state index contributed by atoms with van der Waals surface area (Å²) >= 11 is 11.8. The molecule has 3 heteroatoms. The SMILES string of the molecule is C[Se+]1CC2CC2(c2ccc(Cl)c(Cl)c2)C1. The molecule has 1 saturated carbocycles. The summed E-state index contributed by atoms with van der Waals surface area (Å²) in [6, 6.07) is 6.22. The van der Waals surface area contributed by atoms with Crippen LogP contribution in [0.3, 0.4) is 0 Å². The van der Waals surface area contributed by atoms with Gasteiger partial charge in [0.2, 0.25) is 0 Å². The van der Waals surface area contributed by atoms with Crippen LogP contribution < -0.4 is 0 Å². The molecule has 3 atom stereocenters. The Bertz CT molecular complexity index is 418. The Morgan fingerprint density at radius 2 is 2.13 bits per heavy atom. The number of hydrogen-bond donors (Lipinski definition) is 0. The van der Waals surface area contributed by atoms with Gasteiger partial charge in [0.1, 0.15) is 0 Å². The van der Waals surface area contributed by atoms with Crippen molar-refractivity contribution in [2.75, 3.05) is 0 Å². The normalized spacial score (nSPS) is 37.8. The first kappa shape index (κ1) is 10.5. The monoisotopic (exact) mass is 307 g/mol. The molecular weight excluding hydrogens is 294 g/mol. The van der Waals surface area contributed by atoms with Crippen LogP contribution in [-0.2, 0) is 5.41 Å². The Morgan fingerprint density at radius 3 is 2.73 bits per heavy atom. The number of hydrogen-bond acceptors (Lipinski definition) is 0. The summed E-state index contributed by atoms with van der Waals surface area (Å²) < 4.78 is 0. The van der Waals surface area contributed by atoms with Crippen LogP contribution in [-0.4, -0.2) is 13.9 Å². The van der Waals surface area contributed by atoms with Gasteiger partial charge in [-0.1, -0.05) is 0 Å². The van der Waals surface area contributed by atoms with Gasteiger partial charge in [0.15, 0.2) is 0 Å². The first-order valence-corrected chi connectivity index (χ1v) is 10.1. The molecular formula is C12H13Cl2Se+. The predicted octanol–water partition coefficient (Wildman–Crippen LogP) is 4.39. The third-order valence-corrected chi connectivity index (χ3v) is 8.61. The van der Waals surface area contributed by atoms with Gasteiger partial charge in [-0.15, -0.1) is 0 Å². The van der Waals surface area contributed by atoms with E-state index in [1.165, 1.54) is 22.6 Å². The van der Waals surface area contributed by atoms with E-state index in [0.29, 0.717) is 15.5 Å². The quantitative estimate of drug-likeness (QED) is 0.675. The average Bonchev–Trinajstić information content (AvgIpc) is 2.75. The summed E-state index contributed by atoms with van der Waals surface area (Å²) in [5.74, 6) is 3.44. The molecule has 0 aromatic heterocycles. The molecule has 15 heavy (non-hydrogen) atoms. The molecule has 0 spiro atoms. The van der Waals surface area contributed by atoms with Crippen molar-refractivity contribution in [3.63, 3.8) is 0 Å². The van der Waals surface area contributed by atoms with E-state index in [1.54, 1.807) is 0 Å². The summed E-state index contributed by atoms with van der Waals surface area (Å²) in [6.07, 6.45) is 1.39. The van der Waals surface area contributed by atoms with Crippen molar-refractivity contribution < 1.29 is 0 Å². The van der Waals surface area contributed by atoms with Gasteiger partial charge in [0.05, 0.1) is 0 Å². The minimum atomic E-state index is -0.271. The van der Waals surface area contributed by atoms with Gasteiger partial charge in [0.25, 0.3) is 0 Å². The van der Waals surface area contributed by atoms with E-state index >= 15 is 0 Å². The topological polar surface area (TPSA) is 0 Å². The number of benzene rings is 1. The molecule has 3 unspecified atom stereocenters. The molecule has 1 aliphatic heterocycles. The summed E-state index contributed by atoms with van der Waals surface area (Å²) in [6.45, 7) is 0. The van der Waals surface area contributed by atoms with E-state index < -0.39 is 0 Å². The first-order valence-electron chi connectivity index (χ1n) is 5.16. The maximum atomic E-state index is 6.09. The second-order valence-electron chi connectivity index (χ2n) is 4.78. The first-order chi connectivity index (χ1) is 7.12. The second-order valence-corrected chi connectivity index (χ2v) is 10.2. The van der Waals surface area contributed by atoms with Gasteiger partial charge in [-0.3, -0.25) is 0 Å². The van der Waals surface area contributed by atoms with E-state index in [9.17, 15) is 0 Å². The number of rotatable bonds is 1. The Hall–Kier alpha value is 0.319.